The van der Waals surface area contributed by atoms with Gasteiger partial charge in [-0.2, -0.15) is 0 Å². The fourth-order valence-corrected chi connectivity index (χ4v) is 3.75. The zero-order valence-corrected chi connectivity index (χ0v) is 16.7. The van der Waals surface area contributed by atoms with Crippen LogP contribution in [0.15, 0.2) is 53.4 Å². The van der Waals surface area contributed by atoms with Gasteiger partial charge in [-0.1, -0.05) is 18.2 Å². The SMILES string of the molecule is COc1ccc([C@@H](C)NC(=O)Cn2c(-c3cscn3)nc3ccccc32)cc1F. The number of hydrogen-bond donors (Lipinski definition) is 1. The summed E-state index contributed by atoms with van der Waals surface area (Å²) in [5.41, 5.74) is 4.78. The standard InChI is InChI=1S/C21H19FN4O2S/c1-13(14-7-8-19(28-2)15(22)9-14)24-20(27)10-26-18-6-4-3-5-16(18)25-21(26)17-11-29-12-23-17/h3-9,11-13H,10H2,1-2H3,(H,24,27)/t13-/m1/s1. The number of aromatic nitrogens is 3. The number of rotatable bonds is 6. The van der Waals surface area contributed by atoms with Crippen LogP contribution < -0.4 is 10.1 Å². The Balaban J connectivity index is 1.58. The summed E-state index contributed by atoms with van der Waals surface area (Å²) in [6.07, 6.45) is 0. The van der Waals surface area contributed by atoms with Crippen molar-refractivity contribution in [2.75, 3.05) is 7.11 Å². The van der Waals surface area contributed by atoms with Crippen molar-refractivity contribution in [2.24, 2.45) is 0 Å². The zero-order valence-electron chi connectivity index (χ0n) is 15.9. The first-order valence-corrected chi connectivity index (χ1v) is 9.97. The van der Waals surface area contributed by atoms with Crippen LogP contribution in [0, 0.1) is 5.82 Å². The maximum atomic E-state index is 14.0. The van der Waals surface area contributed by atoms with Crippen LogP contribution in [-0.2, 0) is 11.3 Å². The van der Waals surface area contributed by atoms with E-state index < -0.39 is 5.82 Å². The van der Waals surface area contributed by atoms with E-state index in [4.69, 9.17) is 4.74 Å². The number of nitrogens with zero attached hydrogens (tertiary/aromatic N) is 3. The van der Waals surface area contributed by atoms with Crippen molar-refractivity contribution in [3.8, 4) is 17.3 Å². The van der Waals surface area contributed by atoms with Gasteiger partial charge in [0.05, 0.1) is 29.7 Å². The average Bonchev–Trinajstić information content (AvgIpc) is 3.36. The molecule has 4 aromatic rings. The molecule has 148 valence electrons. The quantitative estimate of drug-likeness (QED) is 0.518. The third kappa shape index (κ3) is 3.84. The second-order valence-corrected chi connectivity index (χ2v) is 7.29. The highest BCUT2D eigenvalue weighted by Crippen LogP contribution is 2.25. The molecule has 0 aliphatic heterocycles. The van der Waals surface area contributed by atoms with E-state index >= 15 is 0 Å². The maximum absolute atomic E-state index is 14.0. The Labute approximate surface area is 171 Å². The van der Waals surface area contributed by atoms with E-state index in [2.05, 4.69) is 15.3 Å². The lowest BCUT2D eigenvalue weighted by molar-refractivity contribution is -0.122. The van der Waals surface area contributed by atoms with Gasteiger partial charge in [-0.15, -0.1) is 11.3 Å². The van der Waals surface area contributed by atoms with Crippen LogP contribution in [0.25, 0.3) is 22.6 Å². The van der Waals surface area contributed by atoms with E-state index in [0.717, 1.165) is 16.7 Å². The topological polar surface area (TPSA) is 69.0 Å². The normalized spacial score (nSPS) is 12.1. The van der Waals surface area contributed by atoms with Gasteiger partial charge in [-0.25, -0.2) is 14.4 Å². The summed E-state index contributed by atoms with van der Waals surface area (Å²) in [6, 6.07) is 11.9. The van der Waals surface area contributed by atoms with Crippen LogP contribution in [0.2, 0.25) is 0 Å². The number of ether oxygens (including phenoxy) is 1. The molecule has 4 rings (SSSR count). The molecule has 1 N–H and O–H groups in total. The summed E-state index contributed by atoms with van der Waals surface area (Å²) in [6.45, 7) is 1.89. The third-order valence-corrected chi connectivity index (χ3v) is 5.26. The number of methoxy groups -OCH3 is 1. The smallest absolute Gasteiger partial charge is 0.240 e. The maximum Gasteiger partial charge on any atom is 0.240 e. The number of imidazole rings is 1. The van der Waals surface area contributed by atoms with Crippen molar-refractivity contribution in [1.82, 2.24) is 19.9 Å². The lowest BCUT2D eigenvalue weighted by atomic mass is 10.1. The predicted octanol–water partition coefficient (Wildman–Crippen LogP) is 4.18. The van der Waals surface area contributed by atoms with E-state index in [1.54, 1.807) is 17.6 Å². The number of halogens is 1. The van der Waals surface area contributed by atoms with Crippen molar-refractivity contribution in [3.63, 3.8) is 0 Å². The molecular formula is C21H19FN4O2S. The number of hydrogen-bond acceptors (Lipinski definition) is 5. The number of thiazole rings is 1. The Kier molecular flexibility index (Phi) is 5.26. The second-order valence-electron chi connectivity index (χ2n) is 6.57. The number of carbonyl (C=O) groups excluding carboxylic acids is 1. The van der Waals surface area contributed by atoms with Crippen molar-refractivity contribution >= 4 is 28.3 Å². The lowest BCUT2D eigenvalue weighted by Gasteiger charge is -2.16. The van der Waals surface area contributed by atoms with Gasteiger partial charge in [0.25, 0.3) is 0 Å². The highest BCUT2D eigenvalue weighted by molar-refractivity contribution is 7.07. The van der Waals surface area contributed by atoms with Gasteiger partial charge in [-0.05, 0) is 36.8 Å². The molecular weight excluding hydrogens is 391 g/mol. The zero-order chi connectivity index (χ0) is 20.4. The molecule has 0 fully saturated rings. The number of amides is 1. The number of para-hydroxylation sites is 2. The molecule has 1 atom stereocenters. The number of benzene rings is 2. The number of carbonyl (C=O) groups is 1. The van der Waals surface area contributed by atoms with Gasteiger partial charge in [-0.3, -0.25) is 4.79 Å². The van der Waals surface area contributed by atoms with Gasteiger partial charge < -0.3 is 14.6 Å². The fourth-order valence-electron chi connectivity index (χ4n) is 3.22. The van der Waals surface area contributed by atoms with Gasteiger partial charge in [0, 0.05) is 5.38 Å². The number of fused-ring (bicyclic) bond motifs is 1. The minimum absolute atomic E-state index is 0.0797. The van der Waals surface area contributed by atoms with Gasteiger partial charge in [0.15, 0.2) is 17.4 Å². The Bertz CT molecular complexity index is 1160. The van der Waals surface area contributed by atoms with Crippen molar-refractivity contribution < 1.29 is 13.9 Å². The molecule has 0 aliphatic rings. The van der Waals surface area contributed by atoms with Crippen molar-refractivity contribution in [2.45, 2.75) is 19.5 Å². The summed E-state index contributed by atoms with van der Waals surface area (Å²) in [5, 5.41) is 4.82. The van der Waals surface area contributed by atoms with Gasteiger partial charge in [0.2, 0.25) is 5.91 Å². The molecule has 0 aliphatic carbocycles. The molecule has 0 saturated carbocycles. The minimum atomic E-state index is -0.461. The molecule has 0 bridgehead atoms. The molecule has 29 heavy (non-hydrogen) atoms. The van der Waals surface area contributed by atoms with E-state index in [9.17, 15) is 9.18 Å². The van der Waals surface area contributed by atoms with Crippen LogP contribution >= 0.6 is 11.3 Å². The third-order valence-electron chi connectivity index (χ3n) is 4.67. The van der Waals surface area contributed by atoms with E-state index in [1.165, 1.54) is 24.5 Å². The summed E-state index contributed by atoms with van der Waals surface area (Å²) in [5.74, 6) is 0.154. The Morgan fingerprint density at radius 1 is 1.31 bits per heavy atom. The monoisotopic (exact) mass is 410 g/mol. The first-order chi connectivity index (χ1) is 14.1. The van der Waals surface area contributed by atoms with E-state index in [0.29, 0.717) is 11.4 Å². The number of nitrogens with one attached hydrogen (secondary N) is 1. The van der Waals surface area contributed by atoms with E-state index in [1.807, 2.05) is 41.1 Å². The molecule has 0 unspecified atom stereocenters. The summed E-state index contributed by atoms with van der Waals surface area (Å²) in [7, 11) is 1.42. The van der Waals surface area contributed by atoms with E-state index in [-0.39, 0.29) is 24.2 Å². The van der Waals surface area contributed by atoms with Crippen LogP contribution in [-0.4, -0.2) is 27.6 Å². The van der Waals surface area contributed by atoms with Crippen LogP contribution in [0.5, 0.6) is 5.75 Å². The van der Waals surface area contributed by atoms with Crippen LogP contribution in [0.1, 0.15) is 18.5 Å². The Morgan fingerprint density at radius 3 is 2.86 bits per heavy atom. The second kappa shape index (κ2) is 8.00. The largest absolute Gasteiger partial charge is 0.494 e. The Hall–Kier alpha value is -3.26. The van der Waals surface area contributed by atoms with Crippen molar-refractivity contribution in [3.05, 3.63) is 64.7 Å². The molecule has 6 nitrogen and oxygen atoms in total. The minimum Gasteiger partial charge on any atom is -0.494 e. The van der Waals surface area contributed by atoms with Gasteiger partial charge in [0.1, 0.15) is 12.2 Å². The molecule has 0 saturated heterocycles. The molecule has 8 heteroatoms. The molecule has 2 aromatic carbocycles. The Morgan fingerprint density at radius 2 is 2.14 bits per heavy atom. The van der Waals surface area contributed by atoms with Crippen molar-refractivity contribution in [1.29, 1.82) is 0 Å². The first-order valence-electron chi connectivity index (χ1n) is 9.03. The van der Waals surface area contributed by atoms with Crippen LogP contribution in [0.3, 0.4) is 0 Å². The molecule has 0 spiro atoms. The van der Waals surface area contributed by atoms with Gasteiger partial charge >= 0.3 is 0 Å². The molecule has 0 radical (unpaired) electrons. The summed E-state index contributed by atoms with van der Waals surface area (Å²) < 4.78 is 20.8. The molecule has 2 heterocycles. The summed E-state index contributed by atoms with van der Waals surface area (Å²) in [4.78, 5) is 21.7. The highest BCUT2D eigenvalue weighted by Gasteiger charge is 2.18. The molecule has 1 amide bonds. The predicted molar refractivity (Wildman–Crippen MR) is 110 cm³/mol. The summed E-state index contributed by atoms with van der Waals surface area (Å²) >= 11 is 1.47. The average molecular weight is 410 g/mol. The highest BCUT2D eigenvalue weighted by atomic mass is 32.1. The lowest BCUT2D eigenvalue weighted by Crippen LogP contribution is -2.30. The molecule has 2 aromatic heterocycles. The first kappa shape index (κ1) is 19.1. The fraction of sp³-hybridized carbons (Fsp3) is 0.190. The van der Waals surface area contributed by atoms with Crippen LogP contribution in [0.4, 0.5) is 4.39 Å².